The van der Waals surface area contributed by atoms with E-state index in [2.05, 4.69) is 4.72 Å². The minimum Gasteiger partial charge on any atom is -0.398 e. The van der Waals surface area contributed by atoms with Crippen LogP contribution in [0.3, 0.4) is 0 Å². The molecule has 0 aliphatic carbocycles. The number of nitrogens with two attached hydrogens (primary N) is 1. The Bertz CT molecular complexity index is 565. The number of aliphatic hydroxyl groups excluding tert-OH is 1. The van der Waals surface area contributed by atoms with Gasteiger partial charge in [0.1, 0.15) is 4.90 Å². The highest BCUT2D eigenvalue weighted by Gasteiger charge is 2.23. The summed E-state index contributed by atoms with van der Waals surface area (Å²) in [6.07, 6.45) is 0. The van der Waals surface area contributed by atoms with Gasteiger partial charge in [0.05, 0.1) is 5.69 Å². The first-order valence-electron chi connectivity index (χ1n) is 6.06. The summed E-state index contributed by atoms with van der Waals surface area (Å²) in [7, 11) is -3.66. The van der Waals surface area contributed by atoms with Crippen LogP contribution in [0.5, 0.6) is 0 Å². The van der Waals surface area contributed by atoms with Crippen molar-refractivity contribution in [1.29, 1.82) is 0 Å². The van der Waals surface area contributed by atoms with E-state index in [-0.39, 0.29) is 23.7 Å². The first-order valence-corrected chi connectivity index (χ1v) is 7.55. The molecule has 0 amide bonds. The highest BCUT2D eigenvalue weighted by atomic mass is 32.2. The maximum atomic E-state index is 12.2. The van der Waals surface area contributed by atoms with Crippen molar-refractivity contribution in [3.63, 3.8) is 0 Å². The maximum absolute atomic E-state index is 12.2. The minimum absolute atomic E-state index is 0.0874. The van der Waals surface area contributed by atoms with E-state index in [0.717, 1.165) is 11.1 Å². The van der Waals surface area contributed by atoms with E-state index in [1.54, 1.807) is 26.0 Å². The van der Waals surface area contributed by atoms with Gasteiger partial charge in [0.2, 0.25) is 10.0 Å². The number of rotatable bonds is 5. The van der Waals surface area contributed by atoms with Gasteiger partial charge in [-0.1, -0.05) is 13.8 Å². The molecule has 0 aliphatic rings. The molecule has 0 heterocycles. The lowest BCUT2D eigenvalue weighted by Crippen LogP contribution is -2.36. The molecule has 1 aromatic carbocycles. The zero-order chi connectivity index (χ0) is 14.8. The Morgan fingerprint density at radius 3 is 2.32 bits per heavy atom. The van der Waals surface area contributed by atoms with Gasteiger partial charge in [-0.2, -0.15) is 0 Å². The third-order valence-corrected chi connectivity index (χ3v) is 4.54. The number of hydrogen-bond donors (Lipinski definition) is 3. The lowest BCUT2D eigenvalue weighted by molar-refractivity contribution is 0.163. The molecule has 0 bridgehead atoms. The molecule has 0 radical (unpaired) electrons. The van der Waals surface area contributed by atoms with E-state index in [1.807, 2.05) is 13.8 Å². The van der Waals surface area contributed by atoms with E-state index < -0.39 is 15.4 Å². The Balaban J connectivity index is 3.05. The monoisotopic (exact) mass is 286 g/mol. The average Bonchev–Trinajstić information content (AvgIpc) is 2.31. The quantitative estimate of drug-likeness (QED) is 0.709. The fraction of sp³-hybridized carbons (Fsp3) is 0.538. The molecule has 0 fully saturated rings. The molecule has 6 heteroatoms. The van der Waals surface area contributed by atoms with Crippen molar-refractivity contribution < 1.29 is 13.5 Å². The molecule has 0 unspecified atom stereocenters. The van der Waals surface area contributed by atoms with Gasteiger partial charge in [-0.3, -0.25) is 0 Å². The molecule has 0 spiro atoms. The van der Waals surface area contributed by atoms with Crippen LogP contribution < -0.4 is 10.5 Å². The second-order valence-electron chi connectivity index (χ2n) is 5.62. The van der Waals surface area contributed by atoms with Crippen LogP contribution in [0, 0.1) is 19.3 Å². The number of aryl methyl sites for hydroxylation is 2. The molecule has 1 rings (SSSR count). The molecule has 19 heavy (non-hydrogen) atoms. The summed E-state index contributed by atoms with van der Waals surface area (Å²) >= 11 is 0. The predicted molar refractivity (Wildman–Crippen MR) is 76.4 cm³/mol. The standard InChI is InChI=1S/C13H22N2O3S/c1-9-5-11(14)12(6-10(9)2)19(17,18)15-7-13(3,4)8-16/h5-6,15-16H,7-8,14H2,1-4H3. The molecule has 0 aromatic heterocycles. The molecular formula is C13H22N2O3S. The molecule has 0 aliphatic heterocycles. The number of sulfonamides is 1. The summed E-state index contributed by atoms with van der Waals surface area (Å²) in [5, 5.41) is 9.14. The van der Waals surface area contributed by atoms with Crippen molar-refractivity contribution in [3.8, 4) is 0 Å². The van der Waals surface area contributed by atoms with Gasteiger partial charge < -0.3 is 10.8 Å². The summed E-state index contributed by atoms with van der Waals surface area (Å²) in [5.41, 5.74) is 7.32. The van der Waals surface area contributed by atoms with E-state index >= 15 is 0 Å². The lowest BCUT2D eigenvalue weighted by atomic mass is 9.96. The molecule has 4 N–H and O–H groups in total. The van der Waals surface area contributed by atoms with Crippen LogP contribution in [0.2, 0.25) is 0 Å². The molecule has 0 atom stereocenters. The summed E-state index contributed by atoms with van der Waals surface area (Å²) < 4.78 is 26.9. The Hall–Kier alpha value is -1.11. The molecule has 0 saturated carbocycles. The van der Waals surface area contributed by atoms with E-state index in [4.69, 9.17) is 10.8 Å². The summed E-state index contributed by atoms with van der Waals surface area (Å²) in [5.74, 6) is 0. The first kappa shape index (κ1) is 15.9. The number of benzene rings is 1. The predicted octanol–water partition coefficient (Wildman–Crippen LogP) is 1.18. The average molecular weight is 286 g/mol. The molecule has 1 aromatic rings. The van der Waals surface area contributed by atoms with Crippen LogP contribution in [0.1, 0.15) is 25.0 Å². The highest BCUT2D eigenvalue weighted by Crippen LogP contribution is 2.23. The van der Waals surface area contributed by atoms with Crippen LogP contribution in [0.4, 0.5) is 5.69 Å². The van der Waals surface area contributed by atoms with Gasteiger partial charge in [-0.15, -0.1) is 0 Å². The second kappa shape index (κ2) is 5.48. The van der Waals surface area contributed by atoms with Crippen LogP contribution in [0.25, 0.3) is 0 Å². The Morgan fingerprint density at radius 1 is 1.26 bits per heavy atom. The Labute approximate surface area is 114 Å². The van der Waals surface area contributed by atoms with Crippen molar-refractivity contribution in [3.05, 3.63) is 23.3 Å². The van der Waals surface area contributed by atoms with E-state index in [1.165, 1.54) is 0 Å². The molecular weight excluding hydrogens is 264 g/mol. The fourth-order valence-corrected chi connectivity index (χ4v) is 2.91. The fourth-order valence-electron chi connectivity index (χ4n) is 1.47. The van der Waals surface area contributed by atoms with Crippen molar-refractivity contribution >= 4 is 15.7 Å². The lowest BCUT2D eigenvalue weighted by Gasteiger charge is -2.22. The van der Waals surface area contributed by atoms with Crippen molar-refractivity contribution in [2.24, 2.45) is 5.41 Å². The smallest absolute Gasteiger partial charge is 0.242 e. The van der Waals surface area contributed by atoms with Gasteiger partial charge in [-0.05, 0) is 37.1 Å². The Kier molecular flexibility index (Phi) is 4.60. The van der Waals surface area contributed by atoms with E-state index in [0.29, 0.717) is 0 Å². The second-order valence-corrected chi connectivity index (χ2v) is 7.36. The van der Waals surface area contributed by atoms with Gasteiger partial charge in [0.15, 0.2) is 0 Å². The Morgan fingerprint density at radius 2 is 1.79 bits per heavy atom. The van der Waals surface area contributed by atoms with Gasteiger partial charge in [-0.25, -0.2) is 13.1 Å². The van der Waals surface area contributed by atoms with Crippen LogP contribution in [-0.2, 0) is 10.0 Å². The zero-order valence-electron chi connectivity index (χ0n) is 11.8. The summed E-state index contributed by atoms with van der Waals surface area (Å²) in [4.78, 5) is 0.0874. The SMILES string of the molecule is Cc1cc(N)c(S(=O)(=O)NCC(C)(C)CO)cc1C. The molecule has 5 nitrogen and oxygen atoms in total. The van der Waals surface area contributed by atoms with Crippen LogP contribution >= 0.6 is 0 Å². The number of nitrogens with one attached hydrogen (secondary N) is 1. The highest BCUT2D eigenvalue weighted by molar-refractivity contribution is 7.89. The number of nitrogen functional groups attached to an aromatic ring is 1. The number of aliphatic hydroxyl groups is 1. The maximum Gasteiger partial charge on any atom is 0.242 e. The largest absolute Gasteiger partial charge is 0.398 e. The first-order chi connectivity index (χ1) is 8.59. The summed E-state index contributed by atoms with van der Waals surface area (Å²) in [6, 6.07) is 3.22. The van der Waals surface area contributed by atoms with Crippen LogP contribution in [0.15, 0.2) is 17.0 Å². The topological polar surface area (TPSA) is 92.4 Å². The summed E-state index contributed by atoms with van der Waals surface area (Å²) in [6.45, 7) is 7.32. The van der Waals surface area contributed by atoms with Gasteiger partial charge >= 0.3 is 0 Å². The number of anilines is 1. The molecule has 0 saturated heterocycles. The van der Waals surface area contributed by atoms with Gasteiger partial charge in [0.25, 0.3) is 0 Å². The zero-order valence-corrected chi connectivity index (χ0v) is 12.6. The third-order valence-electron chi connectivity index (χ3n) is 3.08. The van der Waals surface area contributed by atoms with Crippen molar-refractivity contribution in [2.75, 3.05) is 18.9 Å². The number of hydrogen-bond acceptors (Lipinski definition) is 4. The normalized spacial score (nSPS) is 12.7. The molecule has 108 valence electrons. The van der Waals surface area contributed by atoms with Crippen molar-refractivity contribution in [2.45, 2.75) is 32.6 Å². The van der Waals surface area contributed by atoms with Gasteiger partial charge in [0, 0.05) is 18.6 Å². The van der Waals surface area contributed by atoms with Crippen molar-refractivity contribution in [1.82, 2.24) is 4.72 Å². The van der Waals surface area contributed by atoms with Crippen LogP contribution in [-0.4, -0.2) is 26.7 Å². The van der Waals surface area contributed by atoms with E-state index in [9.17, 15) is 8.42 Å². The minimum atomic E-state index is -3.66. The third kappa shape index (κ3) is 3.92.